The molecule has 1 aliphatic heterocycles. The van der Waals surface area contributed by atoms with Crippen molar-refractivity contribution in [3.8, 4) is 11.5 Å². The first kappa shape index (κ1) is 19.8. The minimum atomic E-state index is -0.392. The second-order valence-corrected chi connectivity index (χ2v) is 7.34. The molecule has 156 valence electrons. The van der Waals surface area contributed by atoms with Crippen LogP contribution in [0.2, 0.25) is 0 Å². The van der Waals surface area contributed by atoms with Crippen LogP contribution in [-0.2, 0) is 16.0 Å². The van der Waals surface area contributed by atoms with Gasteiger partial charge in [0.05, 0.1) is 25.8 Å². The Morgan fingerprint density at radius 2 is 2.03 bits per heavy atom. The van der Waals surface area contributed by atoms with Crippen molar-refractivity contribution in [2.45, 2.75) is 12.8 Å². The molecule has 1 atom stereocenters. The van der Waals surface area contributed by atoms with Crippen LogP contribution in [0.15, 0.2) is 48.7 Å². The van der Waals surface area contributed by atoms with Gasteiger partial charge in [0.25, 0.3) is 0 Å². The SMILES string of the molecule is COc1ccc(OC)c(N2C[C@@H](C(=O)NCCc3c[nH]c4ccccc34)CC2=O)c1. The number of rotatable bonds is 7. The number of para-hydroxylation sites is 1. The van der Waals surface area contributed by atoms with Crippen LogP contribution in [-0.4, -0.2) is 44.1 Å². The van der Waals surface area contributed by atoms with Gasteiger partial charge >= 0.3 is 0 Å². The second-order valence-electron chi connectivity index (χ2n) is 7.34. The van der Waals surface area contributed by atoms with E-state index in [9.17, 15) is 9.59 Å². The predicted octanol–water partition coefficient (Wildman–Crippen LogP) is 2.90. The Morgan fingerprint density at radius 1 is 1.20 bits per heavy atom. The summed E-state index contributed by atoms with van der Waals surface area (Å²) >= 11 is 0. The number of H-pyrrole nitrogens is 1. The van der Waals surface area contributed by atoms with Crippen molar-refractivity contribution in [2.24, 2.45) is 5.92 Å². The van der Waals surface area contributed by atoms with Gasteiger partial charge in [0.2, 0.25) is 11.8 Å². The fourth-order valence-electron chi connectivity index (χ4n) is 3.93. The third-order valence-corrected chi connectivity index (χ3v) is 5.54. The third-order valence-electron chi connectivity index (χ3n) is 5.54. The molecule has 0 aliphatic carbocycles. The number of nitrogens with zero attached hydrogens (tertiary/aromatic N) is 1. The van der Waals surface area contributed by atoms with Crippen molar-refractivity contribution in [1.29, 1.82) is 0 Å². The average molecular weight is 407 g/mol. The number of hydrogen-bond acceptors (Lipinski definition) is 4. The standard InChI is InChI=1S/C23H25N3O4/c1-29-17-7-8-21(30-2)20(12-17)26-14-16(11-22(26)27)23(28)24-10-9-15-13-25-19-6-4-3-5-18(15)19/h3-8,12-13,16,25H,9-11,14H2,1-2H3,(H,24,28)/t16-/m0/s1. The molecule has 2 amide bonds. The maximum Gasteiger partial charge on any atom is 0.227 e. The van der Waals surface area contributed by atoms with Crippen molar-refractivity contribution in [3.05, 3.63) is 54.2 Å². The lowest BCUT2D eigenvalue weighted by Crippen LogP contribution is -2.34. The largest absolute Gasteiger partial charge is 0.497 e. The number of carbonyl (C=O) groups excluding carboxylic acids is 2. The fraction of sp³-hybridized carbons (Fsp3) is 0.304. The number of aromatic nitrogens is 1. The highest BCUT2D eigenvalue weighted by Gasteiger charge is 2.36. The van der Waals surface area contributed by atoms with Gasteiger partial charge in [-0.1, -0.05) is 18.2 Å². The minimum absolute atomic E-state index is 0.0988. The number of aromatic amines is 1. The summed E-state index contributed by atoms with van der Waals surface area (Å²) in [4.78, 5) is 30.1. The number of fused-ring (bicyclic) bond motifs is 1. The van der Waals surface area contributed by atoms with E-state index in [1.54, 1.807) is 37.3 Å². The molecule has 0 unspecified atom stereocenters. The first-order valence-electron chi connectivity index (χ1n) is 9.96. The lowest BCUT2D eigenvalue weighted by atomic mass is 10.1. The molecule has 1 saturated heterocycles. The van der Waals surface area contributed by atoms with Gasteiger partial charge in [-0.25, -0.2) is 0 Å². The Hall–Kier alpha value is -3.48. The van der Waals surface area contributed by atoms with Crippen LogP contribution < -0.4 is 19.7 Å². The van der Waals surface area contributed by atoms with Crippen LogP contribution in [0.1, 0.15) is 12.0 Å². The van der Waals surface area contributed by atoms with Gasteiger partial charge in [-0.2, -0.15) is 0 Å². The maximum atomic E-state index is 12.7. The zero-order chi connectivity index (χ0) is 21.1. The van der Waals surface area contributed by atoms with Gasteiger partial charge in [-0.05, 0) is 30.2 Å². The number of carbonyl (C=O) groups is 2. The number of amides is 2. The molecule has 1 aliphatic rings. The summed E-state index contributed by atoms with van der Waals surface area (Å²) in [6.45, 7) is 0.842. The third kappa shape index (κ3) is 3.83. The zero-order valence-electron chi connectivity index (χ0n) is 17.1. The summed E-state index contributed by atoms with van der Waals surface area (Å²) in [5.74, 6) is 0.608. The predicted molar refractivity (Wildman–Crippen MR) is 115 cm³/mol. The van der Waals surface area contributed by atoms with Crippen molar-refractivity contribution < 1.29 is 19.1 Å². The summed E-state index contributed by atoms with van der Waals surface area (Å²) in [7, 11) is 3.13. The van der Waals surface area contributed by atoms with Crippen LogP contribution in [0.5, 0.6) is 11.5 Å². The van der Waals surface area contributed by atoms with E-state index in [-0.39, 0.29) is 18.2 Å². The number of methoxy groups -OCH3 is 2. The van der Waals surface area contributed by atoms with E-state index in [0.717, 1.165) is 17.5 Å². The van der Waals surface area contributed by atoms with Gasteiger partial charge in [-0.3, -0.25) is 9.59 Å². The molecule has 0 bridgehead atoms. The van der Waals surface area contributed by atoms with Crippen LogP contribution in [0, 0.1) is 5.92 Å². The Morgan fingerprint density at radius 3 is 2.83 bits per heavy atom. The quantitative estimate of drug-likeness (QED) is 0.631. The molecule has 0 radical (unpaired) electrons. The number of benzene rings is 2. The molecule has 3 aromatic rings. The van der Waals surface area contributed by atoms with E-state index < -0.39 is 5.92 Å². The molecule has 4 rings (SSSR count). The Balaban J connectivity index is 1.38. The van der Waals surface area contributed by atoms with Crippen molar-refractivity contribution >= 4 is 28.4 Å². The topological polar surface area (TPSA) is 83.7 Å². The molecule has 7 heteroatoms. The van der Waals surface area contributed by atoms with Crippen LogP contribution in [0.3, 0.4) is 0 Å². The first-order chi connectivity index (χ1) is 14.6. The van der Waals surface area contributed by atoms with E-state index in [2.05, 4.69) is 16.4 Å². The van der Waals surface area contributed by atoms with Crippen molar-refractivity contribution in [1.82, 2.24) is 10.3 Å². The molecule has 0 saturated carbocycles. The van der Waals surface area contributed by atoms with Gasteiger partial charge in [-0.15, -0.1) is 0 Å². The van der Waals surface area contributed by atoms with Crippen molar-refractivity contribution in [3.63, 3.8) is 0 Å². The molecule has 2 N–H and O–H groups in total. The van der Waals surface area contributed by atoms with Crippen molar-refractivity contribution in [2.75, 3.05) is 32.2 Å². The van der Waals surface area contributed by atoms with Crippen LogP contribution in [0.4, 0.5) is 5.69 Å². The zero-order valence-corrected chi connectivity index (χ0v) is 17.1. The van der Waals surface area contributed by atoms with Crippen LogP contribution >= 0.6 is 0 Å². The lowest BCUT2D eigenvalue weighted by Gasteiger charge is -2.20. The first-order valence-corrected chi connectivity index (χ1v) is 9.96. The van der Waals surface area contributed by atoms with E-state index in [0.29, 0.717) is 30.3 Å². The Kier molecular flexibility index (Phi) is 5.61. The Labute approximate surface area is 175 Å². The summed E-state index contributed by atoms with van der Waals surface area (Å²) in [6.07, 6.45) is 2.88. The van der Waals surface area contributed by atoms with Gasteiger partial charge in [0.1, 0.15) is 11.5 Å². The van der Waals surface area contributed by atoms with Crippen LogP contribution in [0.25, 0.3) is 10.9 Å². The monoisotopic (exact) mass is 407 g/mol. The van der Waals surface area contributed by atoms with Gasteiger partial charge < -0.3 is 24.7 Å². The normalized spacial score (nSPS) is 16.1. The van der Waals surface area contributed by atoms with E-state index in [1.807, 2.05) is 24.4 Å². The molecule has 7 nitrogen and oxygen atoms in total. The average Bonchev–Trinajstić information content (AvgIpc) is 3.37. The number of ether oxygens (including phenoxy) is 2. The van der Waals surface area contributed by atoms with E-state index in [4.69, 9.17) is 9.47 Å². The highest BCUT2D eigenvalue weighted by atomic mass is 16.5. The molecule has 1 aromatic heterocycles. The summed E-state index contributed by atoms with van der Waals surface area (Å²) in [5.41, 5.74) is 2.87. The highest BCUT2D eigenvalue weighted by Crippen LogP contribution is 2.36. The molecular formula is C23H25N3O4. The molecule has 2 aromatic carbocycles. The molecule has 30 heavy (non-hydrogen) atoms. The smallest absolute Gasteiger partial charge is 0.227 e. The number of hydrogen-bond donors (Lipinski definition) is 2. The fourth-order valence-corrected chi connectivity index (χ4v) is 3.93. The van der Waals surface area contributed by atoms with Gasteiger partial charge in [0.15, 0.2) is 0 Å². The second kappa shape index (κ2) is 8.49. The number of anilines is 1. The summed E-state index contributed by atoms with van der Waals surface area (Å²) in [5, 5.41) is 4.15. The number of nitrogens with one attached hydrogen (secondary N) is 2. The molecule has 1 fully saturated rings. The van der Waals surface area contributed by atoms with E-state index in [1.165, 1.54) is 5.39 Å². The molecule has 0 spiro atoms. The Bertz CT molecular complexity index is 1080. The molecule has 2 heterocycles. The van der Waals surface area contributed by atoms with Gasteiger partial charge in [0, 0.05) is 42.7 Å². The molecular weight excluding hydrogens is 382 g/mol. The lowest BCUT2D eigenvalue weighted by molar-refractivity contribution is -0.126. The minimum Gasteiger partial charge on any atom is -0.497 e. The van der Waals surface area contributed by atoms with E-state index >= 15 is 0 Å². The summed E-state index contributed by atoms with van der Waals surface area (Å²) < 4.78 is 10.7. The highest BCUT2D eigenvalue weighted by molar-refractivity contribution is 6.01. The summed E-state index contributed by atoms with van der Waals surface area (Å²) in [6, 6.07) is 13.4. The maximum absolute atomic E-state index is 12.7.